The van der Waals surface area contributed by atoms with E-state index in [1.807, 2.05) is 47.1 Å². The molecule has 0 radical (unpaired) electrons. The molecule has 1 aromatic carbocycles. The molecule has 0 amide bonds. The van der Waals surface area contributed by atoms with Crippen molar-refractivity contribution in [3.63, 3.8) is 0 Å². The second kappa shape index (κ2) is 2.88. The predicted octanol–water partition coefficient (Wildman–Crippen LogP) is 2.18. The highest BCUT2D eigenvalue weighted by Crippen LogP contribution is 2.20. The van der Waals surface area contributed by atoms with Crippen molar-refractivity contribution in [2.24, 2.45) is 0 Å². The van der Waals surface area contributed by atoms with Gasteiger partial charge in [0.05, 0.1) is 11.7 Å². The van der Waals surface area contributed by atoms with Gasteiger partial charge in [0.25, 0.3) is 0 Å². The molecule has 3 rings (SSSR count). The number of hydrogen-bond acceptors (Lipinski definition) is 3. The molecule has 3 aromatic rings. The number of para-hydroxylation sites is 1. The number of benzene rings is 1. The Kier molecular flexibility index (Phi) is 1.66. The second-order valence-electron chi connectivity index (χ2n) is 2.95. The lowest BCUT2D eigenvalue weighted by Crippen LogP contribution is -1.80. The normalized spacial score (nSPS) is 11.2. The third-order valence-electron chi connectivity index (χ3n) is 2.10. The first-order valence-corrected chi connectivity index (χ1v) is 5.08. The average molecular weight is 296 g/mol. The maximum Gasteiger partial charge on any atom is 0.133 e. The fourth-order valence-electron chi connectivity index (χ4n) is 1.49. The van der Waals surface area contributed by atoms with Crippen molar-refractivity contribution < 1.29 is 0 Å². The highest BCUT2D eigenvalue weighted by molar-refractivity contribution is 14.1. The fraction of sp³-hybridized carbons (Fsp3) is 0. The molecule has 14 heavy (non-hydrogen) atoms. The van der Waals surface area contributed by atoms with E-state index < -0.39 is 0 Å². The summed E-state index contributed by atoms with van der Waals surface area (Å²) in [7, 11) is 0. The van der Waals surface area contributed by atoms with E-state index in [2.05, 4.69) is 15.2 Å². The van der Waals surface area contributed by atoms with Gasteiger partial charge in [-0.15, -0.1) is 13.2 Å². The molecule has 0 aliphatic carbocycles. The lowest BCUT2D eigenvalue weighted by molar-refractivity contribution is 0.925. The van der Waals surface area contributed by atoms with Crippen molar-refractivity contribution >= 4 is 44.8 Å². The van der Waals surface area contributed by atoms with Gasteiger partial charge >= 0.3 is 0 Å². The largest absolute Gasteiger partial charge is 0.254 e. The molecule has 0 N–H and O–H groups in total. The monoisotopic (exact) mass is 296 g/mol. The third-order valence-corrected chi connectivity index (χ3v) is 2.53. The molecule has 0 fully saturated rings. The highest BCUT2D eigenvalue weighted by Gasteiger charge is 2.05. The Balaban J connectivity index is 2.60. The first kappa shape index (κ1) is 8.10. The van der Waals surface area contributed by atoms with Crippen LogP contribution in [-0.4, -0.2) is 18.2 Å². The highest BCUT2D eigenvalue weighted by atomic mass is 127. The summed E-state index contributed by atoms with van der Waals surface area (Å²) in [6.07, 6.45) is 1.75. The second-order valence-corrected chi connectivity index (χ2v) is 3.81. The van der Waals surface area contributed by atoms with Crippen LogP contribution in [0.4, 0.5) is 0 Å². The van der Waals surface area contributed by atoms with Crippen LogP contribution in [-0.2, 0) is 0 Å². The van der Waals surface area contributed by atoms with Gasteiger partial charge in [-0.3, -0.25) is 4.98 Å². The Morgan fingerprint density at radius 1 is 1.07 bits per heavy atom. The summed E-state index contributed by atoms with van der Waals surface area (Å²) in [4.78, 5) is 4.30. The molecule has 68 valence electrons. The van der Waals surface area contributed by atoms with Gasteiger partial charge in [-0.2, -0.15) is 0 Å². The number of rotatable bonds is 0. The number of halogens is 1. The van der Waals surface area contributed by atoms with Gasteiger partial charge in [-0.25, -0.2) is 0 Å². The van der Waals surface area contributed by atoms with Gasteiger partial charge < -0.3 is 0 Å². The lowest BCUT2D eigenvalue weighted by Gasteiger charge is -1.94. The maximum absolute atomic E-state index is 4.30. The standard InChI is InChI=1S/C9H5IN4/c10-14-12-8-5-11-7-4-2-1-3-6(7)9(8)13-14/h1-5H. The molecule has 2 heterocycles. The zero-order valence-corrected chi connectivity index (χ0v) is 9.21. The molecule has 0 saturated carbocycles. The molecule has 0 saturated heterocycles. The number of fused-ring (bicyclic) bond motifs is 3. The summed E-state index contributed by atoms with van der Waals surface area (Å²) in [5, 5.41) is 9.54. The van der Waals surface area contributed by atoms with Crippen molar-refractivity contribution in [3.05, 3.63) is 30.5 Å². The van der Waals surface area contributed by atoms with E-state index in [0.717, 1.165) is 21.9 Å². The van der Waals surface area contributed by atoms with E-state index in [-0.39, 0.29) is 0 Å². The van der Waals surface area contributed by atoms with Crippen LogP contribution in [0.5, 0.6) is 0 Å². The molecule has 0 aliphatic heterocycles. The number of aromatic nitrogens is 4. The van der Waals surface area contributed by atoms with Gasteiger partial charge in [0.2, 0.25) is 0 Å². The predicted molar refractivity (Wildman–Crippen MR) is 62.2 cm³/mol. The SMILES string of the molecule is In1nc2cnc3ccccc3c2n1. The molecular formula is C9H5IN4. The molecule has 4 nitrogen and oxygen atoms in total. The molecule has 0 aliphatic rings. The van der Waals surface area contributed by atoms with E-state index in [0.29, 0.717) is 0 Å². The summed E-state index contributed by atoms with van der Waals surface area (Å²) in [5.41, 5.74) is 2.69. The van der Waals surface area contributed by atoms with Crippen LogP contribution in [0.1, 0.15) is 0 Å². The van der Waals surface area contributed by atoms with Gasteiger partial charge in [-0.05, 0) is 6.07 Å². The first-order valence-electron chi connectivity index (χ1n) is 4.11. The van der Waals surface area contributed by atoms with Gasteiger partial charge in [0, 0.05) is 5.39 Å². The quantitative estimate of drug-likeness (QED) is 0.597. The molecule has 0 bridgehead atoms. The minimum atomic E-state index is 0.832. The van der Waals surface area contributed by atoms with Crippen LogP contribution in [0, 0.1) is 0 Å². The Hall–Kier alpha value is -1.24. The maximum atomic E-state index is 4.30. The molecular weight excluding hydrogens is 291 g/mol. The molecule has 5 heteroatoms. The lowest BCUT2D eigenvalue weighted by atomic mass is 10.2. The molecule has 0 atom stereocenters. The Morgan fingerprint density at radius 3 is 2.86 bits per heavy atom. The average Bonchev–Trinajstić information content (AvgIpc) is 2.59. The van der Waals surface area contributed by atoms with E-state index >= 15 is 0 Å². The smallest absolute Gasteiger partial charge is 0.133 e. The van der Waals surface area contributed by atoms with Crippen LogP contribution in [0.2, 0.25) is 0 Å². The van der Waals surface area contributed by atoms with Gasteiger partial charge in [-0.1, -0.05) is 18.2 Å². The van der Waals surface area contributed by atoms with Crippen LogP contribution in [0.25, 0.3) is 21.9 Å². The number of pyridine rings is 1. The first-order chi connectivity index (χ1) is 6.84. The topological polar surface area (TPSA) is 43.6 Å². The van der Waals surface area contributed by atoms with Crippen molar-refractivity contribution in [1.82, 2.24) is 18.2 Å². The number of nitrogens with zero attached hydrogens (tertiary/aromatic N) is 4. The van der Waals surface area contributed by atoms with Crippen molar-refractivity contribution in [1.29, 1.82) is 0 Å². The van der Waals surface area contributed by atoms with Gasteiger partial charge in [0.1, 0.15) is 33.9 Å². The molecule has 0 spiro atoms. The zero-order chi connectivity index (χ0) is 9.54. The Bertz CT molecular complexity index is 616. The van der Waals surface area contributed by atoms with E-state index in [1.54, 1.807) is 6.20 Å². The fourth-order valence-corrected chi connectivity index (χ4v) is 1.94. The zero-order valence-electron chi connectivity index (χ0n) is 7.05. The van der Waals surface area contributed by atoms with Crippen LogP contribution in [0.15, 0.2) is 30.5 Å². The minimum Gasteiger partial charge on any atom is -0.254 e. The van der Waals surface area contributed by atoms with Crippen molar-refractivity contribution in [2.75, 3.05) is 0 Å². The van der Waals surface area contributed by atoms with E-state index in [4.69, 9.17) is 0 Å². The summed E-state index contributed by atoms with van der Waals surface area (Å²) >= 11 is 2.03. The van der Waals surface area contributed by atoms with E-state index in [1.165, 1.54) is 3.01 Å². The number of hydrogen-bond donors (Lipinski definition) is 0. The Labute approximate surface area is 93.4 Å². The van der Waals surface area contributed by atoms with Crippen LogP contribution < -0.4 is 0 Å². The molecule has 2 aromatic heterocycles. The van der Waals surface area contributed by atoms with Crippen molar-refractivity contribution in [2.45, 2.75) is 0 Å². The van der Waals surface area contributed by atoms with Crippen LogP contribution >= 0.6 is 22.9 Å². The van der Waals surface area contributed by atoms with Gasteiger partial charge in [0.15, 0.2) is 0 Å². The summed E-state index contributed by atoms with van der Waals surface area (Å²) < 4.78 is 1.54. The van der Waals surface area contributed by atoms with Crippen LogP contribution in [0.3, 0.4) is 0 Å². The third kappa shape index (κ3) is 1.08. The Morgan fingerprint density at radius 2 is 1.93 bits per heavy atom. The summed E-state index contributed by atoms with van der Waals surface area (Å²) in [5.74, 6) is 0. The van der Waals surface area contributed by atoms with E-state index in [9.17, 15) is 0 Å². The summed E-state index contributed by atoms with van der Waals surface area (Å²) in [6, 6.07) is 7.93. The molecule has 0 unspecified atom stereocenters. The summed E-state index contributed by atoms with van der Waals surface area (Å²) in [6.45, 7) is 0. The van der Waals surface area contributed by atoms with Crippen molar-refractivity contribution in [3.8, 4) is 0 Å². The minimum absolute atomic E-state index is 0.832.